The number of carbonyl (C=O) groups is 1. The van der Waals surface area contributed by atoms with Crippen LogP contribution in [0, 0.1) is 0 Å². The number of sulfonamides is 1. The first-order valence-electron chi connectivity index (χ1n) is 6.30. The Morgan fingerprint density at radius 3 is 2.33 bits per heavy atom. The lowest BCUT2D eigenvalue weighted by Crippen LogP contribution is -2.36. The molecule has 0 heterocycles. The minimum absolute atomic E-state index is 0.0325. The molecule has 0 aliphatic carbocycles. The molecule has 21 heavy (non-hydrogen) atoms. The average Bonchev–Trinajstić information content (AvgIpc) is 2.45. The van der Waals surface area contributed by atoms with Crippen molar-refractivity contribution in [2.45, 2.75) is 18.2 Å². The first kappa shape index (κ1) is 17.3. The second kappa shape index (κ2) is 7.28. The van der Waals surface area contributed by atoms with Crippen molar-refractivity contribution in [3.05, 3.63) is 18.2 Å². The first-order valence-corrected chi connectivity index (χ1v) is 7.74. The first-order chi connectivity index (χ1) is 9.86. The van der Waals surface area contributed by atoms with Crippen molar-refractivity contribution in [1.29, 1.82) is 0 Å². The molecule has 0 bridgehead atoms. The van der Waals surface area contributed by atoms with Gasteiger partial charge in [0, 0.05) is 12.6 Å². The third-order valence-electron chi connectivity index (χ3n) is 2.78. The van der Waals surface area contributed by atoms with Crippen molar-refractivity contribution in [3.8, 4) is 11.5 Å². The van der Waals surface area contributed by atoms with Gasteiger partial charge < -0.3 is 14.6 Å². The largest absolute Gasteiger partial charge is 0.493 e. The fourth-order valence-electron chi connectivity index (χ4n) is 1.81. The molecule has 0 saturated heterocycles. The van der Waals surface area contributed by atoms with E-state index in [0.717, 1.165) is 4.31 Å². The Morgan fingerprint density at radius 2 is 1.86 bits per heavy atom. The third-order valence-corrected chi connectivity index (χ3v) is 4.62. The second-order valence-corrected chi connectivity index (χ2v) is 6.19. The van der Waals surface area contributed by atoms with Crippen molar-refractivity contribution < 1.29 is 27.8 Å². The standard InChI is InChI=1S/C13H19NO6S/c1-4-7-14(9-13(15)16)21(17,18)10-5-6-11(19-2)12(8-10)20-3/h5-6,8H,4,7,9H2,1-3H3,(H,15,16). The van der Waals surface area contributed by atoms with Crippen molar-refractivity contribution >= 4 is 16.0 Å². The molecule has 0 saturated carbocycles. The summed E-state index contributed by atoms with van der Waals surface area (Å²) in [6, 6.07) is 4.15. The molecule has 0 atom stereocenters. The molecular formula is C13H19NO6S. The summed E-state index contributed by atoms with van der Waals surface area (Å²) < 4.78 is 36.0. The van der Waals surface area contributed by atoms with Gasteiger partial charge in [0.1, 0.15) is 6.54 Å². The third kappa shape index (κ3) is 4.08. The van der Waals surface area contributed by atoms with Crippen LogP contribution in [0.4, 0.5) is 0 Å². The quantitative estimate of drug-likeness (QED) is 0.774. The molecule has 8 heteroatoms. The van der Waals surface area contributed by atoms with E-state index in [1.54, 1.807) is 6.92 Å². The monoisotopic (exact) mass is 317 g/mol. The lowest BCUT2D eigenvalue weighted by Gasteiger charge is -2.20. The molecule has 1 rings (SSSR count). The summed E-state index contributed by atoms with van der Waals surface area (Å²) in [5.41, 5.74) is 0. The molecule has 0 aliphatic rings. The molecule has 0 fully saturated rings. The Kier molecular flexibility index (Phi) is 5.98. The SMILES string of the molecule is CCCN(CC(=O)O)S(=O)(=O)c1ccc(OC)c(OC)c1. The smallest absolute Gasteiger partial charge is 0.318 e. The second-order valence-electron chi connectivity index (χ2n) is 4.25. The summed E-state index contributed by atoms with van der Waals surface area (Å²) >= 11 is 0. The van der Waals surface area contributed by atoms with Crippen LogP contribution in [-0.4, -0.2) is 51.1 Å². The fourth-order valence-corrected chi connectivity index (χ4v) is 3.31. The van der Waals surface area contributed by atoms with Crippen LogP contribution in [-0.2, 0) is 14.8 Å². The predicted molar refractivity (Wildman–Crippen MR) is 76.2 cm³/mol. The summed E-state index contributed by atoms with van der Waals surface area (Å²) in [5.74, 6) is -0.533. The molecule has 0 amide bonds. The van der Waals surface area contributed by atoms with Gasteiger partial charge in [-0.25, -0.2) is 8.42 Å². The number of benzene rings is 1. The molecule has 118 valence electrons. The Hall–Kier alpha value is -1.80. The Balaban J connectivity index is 3.24. The van der Waals surface area contributed by atoms with Crippen LogP contribution in [0.3, 0.4) is 0 Å². The van der Waals surface area contributed by atoms with E-state index in [1.165, 1.54) is 32.4 Å². The van der Waals surface area contributed by atoms with E-state index in [1.807, 2.05) is 0 Å². The molecule has 1 aromatic rings. The van der Waals surface area contributed by atoms with Crippen molar-refractivity contribution in [1.82, 2.24) is 4.31 Å². The van der Waals surface area contributed by atoms with Gasteiger partial charge in [-0.1, -0.05) is 6.92 Å². The van der Waals surface area contributed by atoms with E-state index in [2.05, 4.69) is 0 Å². The number of methoxy groups -OCH3 is 2. The van der Waals surface area contributed by atoms with Gasteiger partial charge in [0.15, 0.2) is 11.5 Å². The van der Waals surface area contributed by atoms with Gasteiger partial charge in [0.25, 0.3) is 0 Å². The summed E-state index contributed by atoms with van der Waals surface area (Å²) in [6.07, 6.45) is 0.514. The van der Waals surface area contributed by atoms with Gasteiger partial charge in [0.05, 0.1) is 19.1 Å². The van der Waals surface area contributed by atoms with E-state index in [0.29, 0.717) is 12.2 Å². The maximum Gasteiger partial charge on any atom is 0.318 e. The molecule has 0 spiro atoms. The van der Waals surface area contributed by atoms with Gasteiger partial charge in [-0.3, -0.25) is 4.79 Å². The molecule has 0 unspecified atom stereocenters. The summed E-state index contributed by atoms with van der Waals surface area (Å²) in [4.78, 5) is 10.8. The number of carboxylic acid groups (broad SMARTS) is 1. The van der Waals surface area contributed by atoms with Crippen LogP contribution in [0.1, 0.15) is 13.3 Å². The van der Waals surface area contributed by atoms with Gasteiger partial charge in [0.2, 0.25) is 10.0 Å². The lowest BCUT2D eigenvalue weighted by atomic mass is 10.3. The highest BCUT2D eigenvalue weighted by Gasteiger charge is 2.26. The zero-order valence-corrected chi connectivity index (χ0v) is 13.0. The Labute approximate surface area is 124 Å². The number of hydrogen-bond acceptors (Lipinski definition) is 5. The number of ether oxygens (including phenoxy) is 2. The highest BCUT2D eigenvalue weighted by atomic mass is 32.2. The number of nitrogens with zero attached hydrogens (tertiary/aromatic N) is 1. The predicted octanol–water partition coefficient (Wildman–Crippen LogP) is 1.19. The van der Waals surface area contributed by atoms with Crippen molar-refractivity contribution in [2.24, 2.45) is 0 Å². The molecule has 7 nitrogen and oxygen atoms in total. The van der Waals surface area contributed by atoms with E-state index in [4.69, 9.17) is 14.6 Å². The normalized spacial score (nSPS) is 11.4. The van der Waals surface area contributed by atoms with Crippen LogP contribution < -0.4 is 9.47 Å². The topological polar surface area (TPSA) is 93.1 Å². The van der Waals surface area contributed by atoms with Crippen LogP contribution in [0.2, 0.25) is 0 Å². The molecular weight excluding hydrogens is 298 g/mol. The van der Waals surface area contributed by atoms with E-state index in [9.17, 15) is 13.2 Å². The molecule has 0 radical (unpaired) electrons. The van der Waals surface area contributed by atoms with Crippen LogP contribution in [0.5, 0.6) is 11.5 Å². The maximum atomic E-state index is 12.5. The fraction of sp³-hybridized carbons (Fsp3) is 0.462. The summed E-state index contributed by atoms with van der Waals surface area (Å²) in [5, 5.41) is 8.85. The minimum Gasteiger partial charge on any atom is -0.493 e. The highest BCUT2D eigenvalue weighted by molar-refractivity contribution is 7.89. The van der Waals surface area contributed by atoms with E-state index >= 15 is 0 Å². The molecule has 0 aliphatic heterocycles. The van der Waals surface area contributed by atoms with Crippen LogP contribution >= 0.6 is 0 Å². The molecule has 0 aromatic heterocycles. The molecule has 1 N–H and O–H groups in total. The minimum atomic E-state index is -3.90. The number of aliphatic carboxylic acids is 1. The maximum absolute atomic E-state index is 12.5. The van der Waals surface area contributed by atoms with Crippen LogP contribution in [0.25, 0.3) is 0 Å². The number of hydrogen-bond donors (Lipinski definition) is 1. The average molecular weight is 317 g/mol. The zero-order chi connectivity index (χ0) is 16.0. The van der Waals surface area contributed by atoms with Crippen LogP contribution in [0.15, 0.2) is 23.1 Å². The van der Waals surface area contributed by atoms with Crippen molar-refractivity contribution in [2.75, 3.05) is 27.3 Å². The summed E-state index contributed by atoms with van der Waals surface area (Å²) in [6.45, 7) is 1.33. The molecule has 1 aromatic carbocycles. The van der Waals surface area contributed by atoms with E-state index in [-0.39, 0.29) is 17.2 Å². The Morgan fingerprint density at radius 1 is 1.24 bits per heavy atom. The lowest BCUT2D eigenvalue weighted by molar-refractivity contribution is -0.137. The van der Waals surface area contributed by atoms with Crippen molar-refractivity contribution in [3.63, 3.8) is 0 Å². The number of rotatable bonds is 8. The van der Waals surface area contributed by atoms with Gasteiger partial charge in [-0.15, -0.1) is 0 Å². The van der Waals surface area contributed by atoms with Gasteiger partial charge in [-0.05, 0) is 18.6 Å². The van der Waals surface area contributed by atoms with Gasteiger partial charge >= 0.3 is 5.97 Å². The van der Waals surface area contributed by atoms with Gasteiger partial charge in [-0.2, -0.15) is 4.31 Å². The Bertz CT molecular complexity index is 599. The number of carboxylic acids is 1. The van der Waals surface area contributed by atoms with E-state index < -0.39 is 22.5 Å². The highest BCUT2D eigenvalue weighted by Crippen LogP contribution is 2.30. The zero-order valence-electron chi connectivity index (χ0n) is 12.2. The summed E-state index contributed by atoms with van der Waals surface area (Å²) in [7, 11) is -1.06.